The number of aromatic nitrogens is 3. The highest BCUT2D eigenvalue weighted by Gasteiger charge is 2.23. The lowest BCUT2D eigenvalue weighted by atomic mass is 9.96. The second kappa shape index (κ2) is 7.71. The summed E-state index contributed by atoms with van der Waals surface area (Å²) >= 11 is 0. The molecular weight excluding hydrogens is 369 g/mol. The quantitative estimate of drug-likeness (QED) is 0.453. The third-order valence-electron chi connectivity index (χ3n) is 5.43. The van der Waals surface area contributed by atoms with Crippen molar-refractivity contribution in [1.29, 1.82) is 0 Å². The molecule has 0 spiro atoms. The molecule has 0 radical (unpaired) electrons. The summed E-state index contributed by atoms with van der Waals surface area (Å²) in [6.45, 7) is 4.63. The number of nitrogens with zero attached hydrogens (tertiary/aromatic N) is 4. The normalized spacial score (nSPS) is 17.0. The fourth-order valence-corrected chi connectivity index (χ4v) is 3.89. The van der Waals surface area contributed by atoms with Crippen LogP contribution in [-0.4, -0.2) is 32.2 Å². The predicted molar refractivity (Wildman–Crippen MR) is 112 cm³/mol. The number of pyridine rings is 1. The molecule has 2 heterocycles. The summed E-state index contributed by atoms with van der Waals surface area (Å²) in [4.78, 5) is 4.70. The molecular formula is C21H26FN7. The number of nitrogens with two attached hydrogens (primary N) is 2. The average molecular weight is 395 g/mol. The minimum Gasteiger partial charge on any atom is -0.401 e. The first kappa shape index (κ1) is 19.2. The number of hydrogen-bond acceptors (Lipinski definition) is 6. The van der Waals surface area contributed by atoms with E-state index in [0.29, 0.717) is 12.4 Å². The van der Waals surface area contributed by atoms with Crippen molar-refractivity contribution in [2.75, 3.05) is 11.9 Å². The van der Waals surface area contributed by atoms with Crippen molar-refractivity contribution < 1.29 is 4.39 Å². The summed E-state index contributed by atoms with van der Waals surface area (Å²) in [7, 11) is 0. The predicted octanol–water partition coefficient (Wildman–Crippen LogP) is 3.17. The van der Waals surface area contributed by atoms with Crippen molar-refractivity contribution in [1.82, 2.24) is 19.6 Å². The van der Waals surface area contributed by atoms with E-state index >= 15 is 0 Å². The van der Waals surface area contributed by atoms with Gasteiger partial charge >= 0.3 is 0 Å². The first-order chi connectivity index (χ1) is 14.0. The summed E-state index contributed by atoms with van der Waals surface area (Å²) in [6.07, 6.45) is 4.28. The van der Waals surface area contributed by atoms with Crippen LogP contribution >= 0.6 is 0 Å². The number of hydrazine groups is 1. The van der Waals surface area contributed by atoms with Gasteiger partial charge in [0.2, 0.25) is 5.95 Å². The van der Waals surface area contributed by atoms with Crippen LogP contribution in [0.2, 0.25) is 0 Å². The summed E-state index contributed by atoms with van der Waals surface area (Å²) in [5.74, 6) is 6.31. The largest absolute Gasteiger partial charge is 0.401 e. The number of rotatable bonds is 5. The molecule has 3 aromatic rings. The zero-order valence-electron chi connectivity index (χ0n) is 16.7. The van der Waals surface area contributed by atoms with Crippen LogP contribution in [0, 0.1) is 12.7 Å². The van der Waals surface area contributed by atoms with Crippen LogP contribution in [0.15, 0.2) is 47.9 Å². The Morgan fingerprint density at radius 3 is 2.86 bits per heavy atom. The lowest BCUT2D eigenvalue weighted by molar-refractivity contribution is 0.340. The van der Waals surface area contributed by atoms with Crippen molar-refractivity contribution in [3.63, 3.8) is 0 Å². The van der Waals surface area contributed by atoms with Crippen molar-refractivity contribution in [2.45, 2.75) is 39.2 Å². The molecule has 152 valence electrons. The number of aryl methyl sites for hydroxylation is 1. The Hall–Kier alpha value is -3.13. The van der Waals surface area contributed by atoms with Crippen molar-refractivity contribution in [3.8, 4) is 11.1 Å². The molecule has 7 nitrogen and oxygen atoms in total. The van der Waals surface area contributed by atoms with Crippen LogP contribution in [0.4, 0.5) is 10.3 Å². The van der Waals surface area contributed by atoms with E-state index in [1.54, 1.807) is 15.6 Å². The Balaban J connectivity index is 1.60. The van der Waals surface area contributed by atoms with Gasteiger partial charge < -0.3 is 16.1 Å². The molecule has 1 aliphatic rings. The first-order valence-corrected chi connectivity index (χ1v) is 9.84. The molecule has 29 heavy (non-hydrogen) atoms. The van der Waals surface area contributed by atoms with Gasteiger partial charge in [-0.15, -0.1) is 5.10 Å². The van der Waals surface area contributed by atoms with Gasteiger partial charge in [-0.05, 0) is 62.1 Å². The van der Waals surface area contributed by atoms with Gasteiger partial charge in [-0.1, -0.05) is 6.07 Å². The molecule has 0 amide bonds. The number of fused-ring (bicyclic) bond motifs is 1. The molecule has 4 rings (SSSR count). The van der Waals surface area contributed by atoms with Gasteiger partial charge in [0.15, 0.2) is 5.65 Å². The van der Waals surface area contributed by atoms with Crippen LogP contribution in [-0.2, 0) is 0 Å². The Morgan fingerprint density at radius 1 is 1.31 bits per heavy atom. The van der Waals surface area contributed by atoms with Crippen LogP contribution in [0.1, 0.15) is 31.7 Å². The molecule has 5 N–H and O–H groups in total. The molecule has 0 aliphatic heterocycles. The van der Waals surface area contributed by atoms with Crippen LogP contribution in [0.3, 0.4) is 0 Å². The average Bonchev–Trinajstić information content (AvgIpc) is 3.10. The standard InChI is InChI=1S/C21H26FN7/c1-3-28(24)19-9-7-15(12-18(19)23)25-21-26-20-17(5-4-10-29(20)27-21)16-8-6-14(22)11-13(16)2/h4-6,8,10-11,15H,3,7,9,12,23-24H2,1-2H3,(H,25,27). The molecule has 0 bridgehead atoms. The summed E-state index contributed by atoms with van der Waals surface area (Å²) in [6, 6.07) is 8.81. The number of benzene rings is 1. The van der Waals surface area contributed by atoms with Gasteiger partial charge in [0, 0.05) is 42.2 Å². The van der Waals surface area contributed by atoms with Crippen molar-refractivity contribution >= 4 is 11.6 Å². The number of anilines is 1. The monoisotopic (exact) mass is 395 g/mol. The van der Waals surface area contributed by atoms with Gasteiger partial charge in [-0.2, -0.15) is 4.98 Å². The van der Waals surface area contributed by atoms with Gasteiger partial charge in [0.1, 0.15) is 5.82 Å². The lowest BCUT2D eigenvalue weighted by Crippen LogP contribution is -2.37. The van der Waals surface area contributed by atoms with Crippen molar-refractivity contribution in [3.05, 3.63) is 59.3 Å². The van der Waals surface area contributed by atoms with Gasteiger partial charge in [-0.25, -0.2) is 14.7 Å². The second-order valence-electron chi connectivity index (χ2n) is 7.43. The fraction of sp³-hybridized carbons (Fsp3) is 0.333. The third kappa shape index (κ3) is 3.75. The maximum Gasteiger partial charge on any atom is 0.243 e. The van der Waals surface area contributed by atoms with E-state index in [1.165, 1.54) is 12.1 Å². The van der Waals surface area contributed by atoms with Crippen LogP contribution in [0.25, 0.3) is 16.8 Å². The molecule has 8 heteroatoms. The SMILES string of the molecule is CCN(N)C1=C(N)CC(Nc2nc3c(-c4ccc(F)cc4C)cccn3n2)CC1. The zero-order valence-corrected chi connectivity index (χ0v) is 16.7. The maximum absolute atomic E-state index is 13.5. The highest BCUT2D eigenvalue weighted by Crippen LogP contribution is 2.29. The highest BCUT2D eigenvalue weighted by atomic mass is 19.1. The highest BCUT2D eigenvalue weighted by molar-refractivity contribution is 5.79. The molecule has 1 aliphatic carbocycles. The first-order valence-electron chi connectivity index (χ1n) is 9.84. The maximum atomic E-state index is 13.5. The van der Waals surface area contributed by atoms with Crippen molar-refractivity contribution in [2.24, 2.45) is 11.6 Å². The zero-order chi connectivity index (χ0) is 20.5. The van der Waals surface area contributed by atoms with E-state index in [9.17, 15) is 4.39 Å². The van der Waals surface area contributed by atoms with Gasteiger partial charge in [0.25, 0.3) is 0 Å². The Labute approximate surface area is 169 Å². The molecule has 0 fully saturated rings. The third-order valence-corrected chi connectivity index (χ3v) is 5.43. The van der Waals surface area contributed by atoms with Crippen LogP contribution < -0.4 is 16.9 Å². The number of allylic oxidation sites excluding steroid dienone is 1. The lowest BCUT2D eigenvalue weighted by Gasteiger charge is -2.30. The Bertz CT molecular complexity index is 1070. The molecule has 0 saturated carbocycles. The molecule has 2 aromatic heterocycles. The summed E-state index contributed by atoms with van der Waals surface area (Å²) in [5, 5.41) is 9.68. The fourth-order valence-electron chi connectivity index (χ4n) is 3.89. The Kier molecular flexibility index (Phi) is 5.10. The minimum atomic E-state index is -0.247. The van der Waals surface area contributed by atoms with E-state index in [4.69, 9.17) is 16.6 Å². The van der Waals surface area contributed by atoms with E-state index < -0.39 is 0 Å². The number of halogens is 1. The number of nitrogens with one attached hydrogen (secondary N) is 1. The second-order valence-corrected chi connectivity index (χ2v) is 7.43. The smallest absolute Gasteiger partial charge is 0.243 e. The minimum absolute atomic E-state index is 0.150. The van der Waals surface area contributed by atoms with E-state index in [-0.39, 0.29) is 11.9 Å². The van der Waals surface area contributed by atoms with E-state index in [2.05, 4.69) is 10.4 Å². The number of hydrogen-bond donors (Lipinski definition) is 3. The molecule has 0 saturated heterocycles. The van der Waals surface area contributed by atoms with Crippen LogP contribution in [0.5, 0.6) is 0 Å². The topological polar surface area (TPSA) is 97.5 Å². The van der Waals surface area contributed by atoms with E-state index in [0.717, 1.165) is 53.1 Å². The summed E-state index contributed by atoms with van der Waals surface area (Å²) in [5.41, 5.74) is 11.5. The Morgan fingerprint density at radius 2 is 2.14 bits per heavy atom. The van der Waals surface area contributed by atoms with Gasteiger partial charge in [0.05, 0.1) is 0 Å². The molecule has 1 aromatic carbocycles. The van der Waals surface area contributed by atoms with Gasteiger partial charge in [-0.3, -0.25) is 0 Å². The molecule has 1 atom stereocenters. The van der Waals surface area contributed by atoms with E-state index in [1.807, 2.05) is 32.2 Å². The summed E-state index contributed by atoms with van der Waals surface area (Å²) < 4.78 is 15.2. The molecule has 1 unspecified atom stereocenters.